The van der Waals surface area contributed by atoms with E-state index in [9.17, 15) is 4.79 Å². The predicted octanol–water partition coefficient (Wildman–Crippen LogP) is -0.658. The summed E-state index contributed by atoms with van der Waals surface area (Å²) in [5.74, 6) is 0.384. The summed E-state index contributed by atoms with van der Waals surface area (Å²) >= 11 is 0. The van der Waals surface area contributed by atoms with Crippen molar-refractivity contribution in [1.29, 1.82) is 0 Å². The third-order valence-corrected chi connectivity index (χ3v) is 1.68. The van der Waals surface area contributed by atoms with Crippen LogP contribution in [-0.4, -0.2) is 26.0 Å². The number of hydrogen-bond donors (Lipinski definition) is 2. The van der Waals surface area contributed by atoms with Crippen molar-refractivity contribution in [3.8, 4) is 0 Å². The Kier molecular flexibility index (Phi) is 2.05. The number of carbonyl (C=O) groups is 1. The fraction of sp³-hybridized carbons (Fsp3) is 0.833. The van der Waals surface area contributed by atoms with Crippen molar-refractivity contribution in [2.75, 3.05) is 20.1 Å². The van der Waals surface area contributed by atoms with Crippen LogP contribution in [0.25, 0.3) is 0 Å². The fourth-order valence-corrected chi connectivity index (χ4v) is 1.08. The van der Waals surface area contributed by atoms with Crippen LogP contribution >= 0.6 is 0 Å². The zero-order chi connectivity index (χ0) is 6.69. The normalized spacial score (nSPS) is 26.1. The second kappa shape index (κ2) is 2.82. The number of hydrogen-bond acceptors (Lipinski definition) is 2. The lowest BCUT2D eigenvalue weighted by atomic mass is 10.1. The monoisotopic (exact) mass is 128 g/mol. The van der Waals surface area contributed by atoms with Crippen LogP contribution in [0.2, 0.25) is 0 Å². The van der Waals surface area contributed by atoms with Gasteiger partial charge >= 0.3 is 0 Å². The van der Waals surface area contributed by atoms with E-state index in [1.165, 1.54) is 0 Å². The smallest absolute Gasteiger partial charge is 0.224 e. The van der Waals surface area contributed by atoms with Gasteiger partial charge in [-0.05, 0) is 13.0 Å². The lowest BCUT2D eigenvalue weighted by Crippen LogP contribution is -2.28. The maximum Gasteiger partial charge on any atom is 0.224 e. The van der Waals surface area contributed by atoms with Gasteiger partial charge in [-0.1, -0.05) is 0 Å². The number of carbonyl (C=O) groups excluding carboxylic acids is 1. The van der Waals surface area contributed by atoms with E-state index in [1.54, 1.807) is 7.05 Å². The van der Waals surface area contributed by atoms with E-state index in [1.807, 2.05) is 0 Å². The molecule has 52 valence electrons. The van der Waals surface area contributed by atoms with Gasteiger partial charge in [-0.3, -0.25) is 4.79 Å². The van der Waals surface area contributed by atoms with Crippen molar-refractivity contribution in [3.05, 3.63) is 0 Å². The van der Waals surface area contributed by atoms with Crippen LogP contribution in [0.15, 0.2) is 0 Å². The molecule has 1 amide bonds. The van der Waals surface area contributed by atoms with Crippen LogP contribution in [0, 0.1) is 5.92 Å². The van der Waals surface area contributed by atoms with E-state index >= 15 is 0 Å². The maximum atomic E-state index is 10.9. The molecule has 0 spiro atoms. The highest BCUT2D eigenvalue weighted by Gasteiger charge is 2.20. The molecule has 9 heavy (non-hydrogen) atoms. The second-order valence-electron chi connectivity index (χ2n) is 2.30. The van der Waals surface area contributed by atoms with E-state index in [0.717, 1.165) is 19.5 Å². The quantitative estimate of drug-likeness (QED) is 0.492. The zero-order valence-corrected chi connectivity index (χ0v) is 5.61. The molecule has 1 fully saturated rings. The standard InChI is InChI=1S/C6H12N2O/c1-7-6(9)5-2-3-8-4-5/h5,8H,2-4H2,1H3,(H,7,9)/t5-/m0/s1. The molecule has 1 rings (SSSR count). The molecule has 0 saturated carbocycles. The fourth-order valence-electron chi connectivity index (χ4n) is 1.08. The average Bonchev–Trinajstić information content (AvgIpc) is 2.37. The van der Waals surface area contributed by atoms with Crippen LogP contribution in [0.3, 0.4) is 0 Å². The van der Waals surface area contributed by atoms with Crippen molar-refractivity contribution in [2.45, 2.75) is 6.42 Å². The Morgan fingerprint density at radius 3 is 3.00 bits per heavy atom. The Balaban J connectivity index is 2.32. The molecule has 3 heteroatoms. The van der Waals surface area contributed by atoms with E-state index in [0.29, 0.717) is 0 Å². The molecule has 1 heterocycles. The van der Waals surface area contributed by atoms with E-state index < -0.39 is 0 Å². The summed E-state index contributed by atoms with van der Waals surface area (Å²) in [5, 5.41) is 5.75. The highest BCUT2D eigenvalue weighted by atomic mass is 16.1. The number of amides is 1. The van der Waals surface area contributed by atoms with Gasteiger partial charge in [-0.2, -0.15) is 0 Å². The Hall–Kier alpha value is -0.570. The van der Waals surface area contributed by atoms with Gasteiger partial charge in [0.1, 0.15) is 0 Å². The molecule has 0 radical (unpaired) electrons. The van der Waals surface area contributed by atoms with Crippen LogP contribution in [0.1, 0.15) is 6.42 Å². The summed E-state index contributed by atoms with van der Waals surface area (Å²) in [7, 11) is 1.68. The topological polar surface area (TPSA) is 41.1 Å². The first-order valence-electron chi connectivity index (χ1n) is 3.27. The lowest BCUT2D eigenvalue weighted by molar-refractivity contribution is -0.123. The third kappa shape index (κ3) is 1.42. The van der Waals surface area contributed by atoms with Crippen LogP contribution < -0.4 is 10.6 Å². The van der Waals surface area contributed by atoms with Crippen molar-refractivity contribution in [2.24, 2.45) is 5.92 Å². The first-order chi connectivity index (χ1) is 4.34. The Labute approximate surface area is 54.8 Å². The summed E-state index contributed by atoms with van der Waals surface area (Å²) < 4.78 is 0. The van der Waals surface area contributed by atoms with Crippen LogP contribution in [0.5, 0.6) is 0 Å². The Bertz CT molecular complexity index is 108. The largest absolute Gasteiger partial charge is 0.359 e. The highest BCUT2D eigenvalue weighted by molar-refractivity contribution is 5.78. The summed E-state index contributed by atoms with van der Waals surface area (Å²) in [4.78, 5) is 10.9. The molecule has 1 saturated heterocycles. The molecule has 0 unspecified atom stereocenters. The van der Waals surface area contributed by atoms with E-state index in [-0.39, 0.29) is 11.8 Å². The minimum atomic E-state index is 0.167. The first kappa shape index (κ1) is 6.55. The molecule has 0 bridgehead atoms. The third-order valence-electron chi connectivity index (χ3n) is 1.68. The summed E-state index contributed by atoms with van der Waals surface area (Å²) in [6.07, 6.45) is 0.986. The SMILES string of the molecule is CNC(=O)[C@H]1CCNC1. The Morgan fingerprint density at radius 2 is 2.56 bits per heavy atom. The summed E-state index contributed by atoms with van der Waals surface area (Å²) in [6.45, 7) is 1.83. The molecule has 1 aliphatic rings. The van der Waals surface area contributed by atoms with Gasteiger partial charge in [0.2, 0.25) is 5.91 Å². The highest BCUT2D eigenvalue weighted by Crippen LogP contribution is 2.05. The van der Waals surface area contributed by atoms with Crippen molar-refractivity contribution in [1.82, 2.24) is 10.6 Å². The van der Waals surface area contributed by atoms with Crippen molar-refractivity contribution >= 4 is 5.91 Å². The number of nitrogens with one attached hydrogen (secondary N) is 2. The molecular formula is C6H12N2O. The van der Waals surface area contributed by atoms with Gasteiger partial charge in [0.15, 0.2) is 0 Å². The predicted molar refractivity (Wildman–Crippen MR) is 35.0 cm³/mol. The molecule has 0 aromatic carbocycles. The van der Waals surface area contributed by atoms with Gasteiger partial charge in [0.25, 0.3) is 0 Å². The maximum absolute atomic E-state index is 10.9. The Morgan fingerprint density at radius 1 is 1.78 bits per heavy atom. The molecule has 1 atom stereocenters. The van der Waals surface area contributed by atoms with Crippen LogP contribution in [-0.2, 0) is 4.79 Å². The molecule has 1 aliphatic heterocycles. The van der Waals surface area contributed by atoms with Crippen molar-refractivity contribution in [3.63, 3.8) is 0 Å². The average molecular weight is 128 g/mol. The minimum Gasteiger partial charge on any atom is -0.359 e. The van der Waals surface area contributed by atoms with Gasteiger partial charge in [0.05, 0.1) is 5.92 Å². The van der Waals surface area contributed by atoms with Crippen LogP contribution in [0.4, 0.5) is 0 Å². The van der Waals surface area contributed by atoms with Gasteiger partial charge in [0, 0.05) is 13.6 Å². The summed E-state index contributed by atoms with van der Waals surface area (Å²) in [5.41, 5.74) is 0. The van der Waals surface area contributed by atoms with Gasteiger partial charge < -0.3 is 10.6 Å². The molecule has 0 aliphatic carbocycles. The van der Waals surface area contributed by atoms with E-state index in [2.05, 4.69) is 10.6 Å². The minimum absolute atomic E-state index is 0.167. The molecule has 2 N–H and O–H groups in total. The lowest BCUT2D eigenvalue weighted by Gasteiger charge is -2.03. The van der Waals surface area contributed by atoms with Gasteiger partial charge in [-0.15, -0.1) is 0 Å². The van der Waals surface area contributed by atoms with Gasteiger partial charge in [-0.25, -0.2) is 0 Å². The first-order valence-corrected chi connectivity index (χ1v) is 3.27. The molecule has 0 aromatic rings. The number of rotatable bonds is 1. The zero-order valence-electron chi connectivity index (χ0n) is 5.61. The van der Waals surface area contributed by atoms with E-state index in [4.69, 9.17) is 0 Å². The molecule has 0 aromatic heterocycles. The van der Waals surface area contributed by atoms with Crippen molar-refractivity contribution < 1.29 is 4.79 Å². The second-order valence-corrected chi connectivity index (χ2v) is 2.30. The molecule has 3 nitrogen and oxygen atoms in total. The summed E-state index contributed by atoms with van der Waals surface area (Å²) in [6, 6.07) is 0. The molecular weight excluding hydrogens is 116 g/mol.